The molecule has 0 aromatic heterocycles. The third-order valence-corrected chi connectivity index (χ3v) is 6.22. The van der Waals surface area contributed by atoms with Crippen molar-refractivity contribution in [1.82, 2.24) is 5.32 Å². The van der Waals surface area contributed by atoms with Crippen LogP contribution in [-0.2, 0) is 9.84 Å². The van der Waals surface area contributed by atoms with Crippen LogP contribution in [-0.4, -0.2) is 32.0 Å². The van der Waals surface area contributed by atoms with Crippen LogP contribution in [0, 0.1) is 5.92 Å². The summed E-state index contributed by atoms with van der Waals surface area (Å²) in [7, 11) is -2.93. The molecule has 1 saturated carbocycles. The lowest BCUT2D eigenvalue weighted by Gasteiger charge is -2.22. The summed E-state index contributed by atoms with van der Waals surface area (Å²) < 4.78 is 24.3. The van der Waals surface area contributed by atoms with Gasteiger partial charge in [-0.2, -0.15) is 0 Å². The first-order valence-electron chi connectivity index (χ1n) is 6.42. The van der Waals surface area contributed by atoms with Gasteiger partial charge in [0.2, 0.25) is 0 Å². The van der Waals surface area contributed by atoms with Crippen LogP contribution in [0.4, 0.5) is 0 Å². The third-order valence-electron chi connectivity index (χ3n) is 3.74. The van der Waals surface area contributed by atoms with Crippen molar-refractivity contribution in [2.24, 2.45) is 5.92 Å². The summed E-state index contributed by atoms with van der Waals surface area (Å²) in [5.41, 5.74) is 0. The van der Waals surface area contributed by atoms with Crippen LogP contribution >= 0.6 is 0 Å². The van der Waals surface area contributed by atoms with E-state index in [0.717, 1.165) is 19.4 Å². The van der Waals surface area contributed by atoms with Crippen molar-refractivity contribution in [2.75, 3.05) is 12.3 Å². The number of rotatable bonds is 6. The molecule has 1 aliphatic rings. The fourth-order valence-electron chi connectivity index (χ4n) is 2.46. The Morgan fingerprint density at radius 2 is 1.81 bits per heavy atom. The number of nitrogens with one attached hydrogen (secondary N) is 1. The molecular formula is C12H25NO2S. The van der Waals surface area contributed by atoms with Crippen LogP contribution in [0.5, 0.6) is 0 Å². The second-order valence-electron chi connectivity index (χ2n) is 5.03. The molecular weight excluding hydrogens is 222 g/mol. The number of sulfone groups is 1. The largest absolute Gasteiger partial charge is 0.313 e. The van der Waals surface area contributed by atoms with Crippen molar-refractivity contribution in [1.29, 1.82) is 0 Å². The molecule has 1 fully saturated rings. The zero-order valence-electron chi connectivity index (χ0n) is 10.7. The standard InChI is InChI=1S/C12H25NO2S/c1-4-13-10(2)11(3)16(14,15)9-12-7-5-6-8-12/h10-13H,4-9H2,1-3H3. The van der Waals surface area contributed by atoms with Crippen molar-refractivity contribution < 1.29 is 8.42 Å². The SMILES string of the molecule is CCNC(C)C(C)S(=O)(=O)CC1CCCC1. The molecule has 0 aliphatic heterocycles. The van der Waals surface area contributed by atoms with Crippen molar-refractivity contribution in [3.63, 3.8) is 0 Å². The molecule has 0 radical (unpaired) electrons. The van der Waals surface area contributed by atoms with Gasteiger partial charge >= 0.3 is 0 Å². The van der Waals surface area contributed by atoms with E-state index < -0.39 is 9.84 Å². The Balaban J connectivity index is 2.54. The molecule has 16 heavy (non-hydrogen) atoms. The lowest BCUT2D eigenvalue weighted by Crippen LogP contribution is -2.41. The molecule has 0 aromatic carbocycles. The minimum absolute atomic E-state index is 0.0522. The maximum absolute atomic E-state index is 12.2. The summed E-state index contributed by atoms with van der Waals surface area (Å²) in [4.78, 5) is 0. The maximum Gasteiger partial charge on any atom is 0.154 e. The smallest absolute Gasteiger partial charge is 0.154 e. The molecule has 0 amide bonds. The molecule has 0 heterocycles. The van der Waals surface area contributed by atoms with Crippen LogP contribution in [0.1, 0.15) is 46.5 Å². The third kappa shape index (κ3) is 3.74. The van der Waals surface area contributed by atoms with Gasteiger partial charge in [-0.3, -0.25) is 0 Å². The second-order valence-corrected chi connectivity index (χ2v) is 7.43. The Kier molecular flexibility index (Phi) is 5.25. The van der Waals surface area contributed by atoms with Gasteiger partial charge in [0.15, 0.2) is 9.84 Å². The van der Waals surface area contributed by atoms with E-state index >= 15 is 0 Å². The summed E-state index contributed by atoms with van der Waals surface area (Å²) >= 11 is 0. The summed E-state index contributed by atoms with van der Waals surface area (Å²) in [5, 5.41) is 2.93. The summed E-state index contributed by atoms with van der Waals surface area (Å²) in [5.74, 6) is 0.811. The Labute approximate surface area is 99.9 Å². The minimum Gasteiger partial charge on any atom is -0.313 e. The quantitative estimate of drug-likeness (QED) is 0.780. The topological polar surface area (TPSA) is 46.2 Å². The van der Waals surface area contributed by atoms with Crippen molar-refractivity contribution in [3.05, 3.63) is 0 Å². The van der Waals surface area contributed by atoms with Crippen molar-refractivity contribution >= 4 is 9.84 Å². The molecule has 1 aliphatic carbocycles. The lowest BCUT2D eigenvalue weighted by atomic mass is 10.1. The Morgan fingerprint density at radius 3 is 2.31 bits per heavy atom. The average Bonchev–Trinajstić information content (AvgIpc) is 2.68. The molecule has 96 valence electrons. The molecule has 4 heteroatoms. The Bertz CT molecular complexity index is 294. The van der Waals surface area contributed by atoms with Crippen molar-refractivity contribution in [3.8, 4) is 0 Å². The maximum atomic E-state index is 12.2. The zero-order valence-corrected chi connectivity index (χ0v) is 11.5. The predicted molar refractivity (Wildman–Crippen MR) is 68.3 cm³/mol. The molecule has 2 unspecified atom stereocenters. The molecule has 1 rings (SSSR count). The molecule has 0 aromatic rings. The van der Waals surface area contributed by atoms with Gasteiger partial charge in [0, 0.05) is 6.04 Å². The fraction of sp³-hybridized carbons (Fsp3) is 1.00. The molecule has 2 atom stereocenters. The molecule has 0 bridgehead atoms. The average molecular weight is 247 g/mol. The van der Waals surface area contributed by atoms with Gasteiger partial charge in [-0.15, -0.1) is 0 Å². The first-order valence-corrected chi connectivity index (χ1v) is 8.14. The van der Waals surface area contributed by atoms with E-state index in [0.29, 0.717) is 11.7 Å². The van der Waals surface area contributed by atoms with Crippen LogP contribution in [0.25, 0.3) is 0 Å². The highest BCUT2D eigenvalue weighted by molar-refractivity contribution is 7.92. The van der Waals surface area contributed by atoms with Crippen LogP contribution in [0.3, 0.4) is 0 Å². The van der Waals surface area contributed by atoms with E-state index in [1.807, 2.05) is 20.8 Å². The predicted octanol–water partition coefficient (Wildman–Crippen LogP) is 1.98. The van der Waals surface area contributed by atoms with E-state index in [9.17, 15) is 8.42 Å². The highest BCUT2D eigenvalue weighted by Gasteiger charge is 2.30. The lowest BCUT2D eigenvalue weighted by molar-refractivity contribution is 0.507. The van der Waals surface area contributed by atoms with Crippen LogP contribution < -0.4 is 5.32 Å². The number of hydrogen-bond acceptors (Lipinski definition) is 3. The fourth-order valence-corrected chi connectivity index (χ4v) is 4.47. The molecule has 0 spiro atoms. The van der Waals surface area contributed by atoms with E-state index in [4.69, 9.17) is 0 Å². The van der Waals surface area contributed by atoms with Gasteiger partial charge in [0.1, 0.15) is 0 Å². The van der Waals surface area contributed by atoms with Crippen molar-refractivity contribution in [2.45, 2.75) is 57.7 Å². The van der Waals surface area contributed by atoms with E-state index in [1.54, 1.807) is 0 Å². The van der Waals surface area contributed by atoms with Crippen LogP contribution in [0.15, 0.2) is 0 Å². The summed E-state index contributed by atoms with van der Waals surface area (Å²) in [6.07, 6.45) is 4.61. The summed E-state index contributed by atoms with van der Waals surface area (Å²) in [6, 6.07) is 0.0522. The molecule has 0 saturated heterocycles. The van der Waals surface area contributed by atoms with E-state index in [1.165, 1.54) is 12.8 Å². The number of hydrogen-bond donors (Lipinski definition) is 1. The highest BCUT2D eigenvalue weighted by atomic mass is 32.2. The van der Waals surface area contributed by atoms with Gasteiger partial charge in [0.05, 0.1) is 11.0 Å². The van der Waals surface area contributed by atoms with E-state index in [2.05, 4.69) is 5.32 Å². The summed E-state index contributed by atoms with van der Waals surface area (Å²) in [6.45, 7) is 6.62. The molecule has 3 nitrogen and oxygen atoms in total. The van der Waals surface area contributed by atoms with E-state index in [-0.39, 0.29) is 11.3 Å². The first-order chi connectivity index (χ1) is 7.47. The normalized spacial score (nSPS) is 22.2. The van der Waals surface area contributed by atoms with Gasteiger partial charge < -0.3 is 5.32 Å². The second kappa shape index (κ2) is 6.01. The monoisotopic (exact) mass is 247 g/mol. The first kappa shape index (κ1) is 14.0. The van der Waals surface area contributed by atoms with Gasteiger partial charge in [-0.1, -0.05) is 19.8 Å². The Hall–Kier alpha value is -0.0900. The minimum atomic E-state index is -2.93. The van der Waals surface area contributed by atoms with Gasteiger partial charge in [-0.25, -0.2) is 8.42 Å². The zero-order chi connectivity index (χ0) is 12.2. The van der Waals surface area contributed by atoms with Gasteiger partial charge in [0.25, 0.3) is 0 Å². The van der Waals surface area contributed by atoms with Crippen LogP contribution in [0.2, 0.25) is 0 Å². The van der Waals surface area contributed by atoms with Gasteiger partial charge in [-0.05, 0) is 39.2 Å². The Morgan fingerprint density at radius 1 is 1.25 bits per heavy atom. The molecule has 1 N–H and O–H groups in total. The highest BCUT2D eigenvalue weighted by Crippen LogP contribution is 2.27.